The number of hydrogen-bond donors (Lipinski definition) is 1. The summed E-state index contributed by atoms with van der Waals surface area (Å²) in [7, 11) is 3.04. The number of carbonyl (C=O) groups is 3. The molecule has 1 fully saturated rings. The number of nitrogens with one attached hydrogen (secondary N) is 1. The van der Waals surface area contributed by atoms with Gasteiger partial charge in [0.25, 0.3) is 11.8 Å². The van der Waals surface area contributed by atoms with Crippen molar-refractivity contribution in [2.45, 2.75) is 13.3 Å². The Morgan fingerprint density at radius 2 is 1.83 bits per heavy atom. The maximum atomic E-state index is 13.1. The van der Waals surface area contributed by atoms with E-state index in [1.165, 1.54) is 20.3 Å². The maximum Gasteiger partial charge on any atom is 0.335 e. The van der Waals surface area contributed by atoms with Crippen LogP contribution in [0.5, 0.6) is 11.5 Å². The van der Waals surface area contributed by atoms with Crippen LogP contribution in [0.25, 0.3) is 6.08 Å². The zero-order valence-corrected chi connectivity index (χ0v) is 18.3. The zero-order chi connectivity index (χ0) is 21.1. The largest absolute Gasteiger partial charge is 0.493 e. The van der Waals surface area contributed by atoms with E-state index < -0.39 is 17.8 Å². The highest BCUT2D eigenvalue weighted by Gasteiger charge is 2.37. The number of urea groups is 1. The summed E-state index contributed by atoms with van der Waals surface area (Å²) in [4.78, 5) is 38.9. The second kappa shape index (κ2) is 8.64. The minimum atomic E-state index is -0.764. The first-order valence-electron chi connectivity index (χ1n) is 8.82. The molecule has 0 bridgehead atoms. The van der Waals surface area contributed by atoms with Gasteiger partial charge in [-0.05, 0) is 64.4 Å². The fourth-order valence-electron chi connectivity index (χ4n) is 3.09. The van der Waals surface area contributed by atoms with Crippen LogP contribution in [-0.2, 0) is 16.0 Å². The molecule has 0 spiro atoms. The second-order valence-electron chi connectivity index (χ2n) is 6.18. The molecule has 0 aromatic heterocycles. The number of anilines is 1. The number of hydrogen-bond acceptors (Lipinski definition) is 5. The van der Waals surface area contributed by atoms with E-state index in [-0.39, 0.29) is 5.57 Å². The van der Waals surface area contributed by atoms with Gasteiger partial charge in [-0.2, -0.15) is 0 Å². The Bertz CT molecular complexity index is 1030. The first-order valence-corrected chi connectivity index (χ1v) is 9.90. The average molecular weight is 506 g/mol. The number of aryl methyl sites for hydroxylation is 1. The molecule has 8 heteroatoms. The number of carbonyl (C=O) groups excluding carboxylic acids is 3. The van der Waals surface area contributed by atoms with Crippen LogP contribution in [0.3, 0.4) is 0 Å². The van der Waals surface area contributed by atoms with Gasteiger partial charge in [-0.1, -0.05) is 25.1 Å². The Hall–Kier alpha value is -2.88. The van der Waals surface area contributed by atoms with Crippen LogP contribution in [-0.4, -0.2) is 32.1 Å². The molecular weight excluding hydrogens is 487 g/mol. The van der Waals surface area contributed by atoms with Crippen LogP contribution in [0.1, 0.15) is 18.1 Å². The number of imide groups is 2. The molecule has 3 rings (SSSR count). The van der Waals surface area contributed by atoms with E-state index in [4.69, 9.17) is 9.47 Å². The van der Waals surface area contributed by atoms with Gasteiger partial charge in [-0.25, -0.2) is 9.69 Å². The van der Waals surface area contributed by atoms with Gasteiger partial charge in [0.2, 0.25) is 0 Å². The molecule has 0 atom stereocenters. The predicted molar refractivity (Wildman–Crippen MR) is 117 cm³/mol. The molecule has 150 valence electrons. The van der Waals surface area contributed by atoms with Gasteiger partial charge in [-0.15, -0.1) is 0 Å². The Labute approximate surface area is 181 Å². The monoisotopic (exact) mass is 506 g/mol. The summed E-state index contributed by atoms with van der Waals surface area (Å²) in [6.45, 7) is 1.93. The highest BCUT2D eigenvalue weighted by Crippen LogP contribution is 2.34. The third-order valence-corrected chi connectivity index (χ3v) is 5.28. The number of ether oxygens (including phenoxy) is 2. The molecule has 0 saturated carbocycles. The van der Waals surface area contributed by atoms with Gasteiger partial charge in [0.15, 0.2) is 11.5 Å². The van der Waals surface area contributed by atoms with Crippen LogP contribution in [0, 0.1) is 3.57 Å². The number of benzene rings is 2. The minimum Gasteiger partial charge on any atom is -0.493 e. The third kappa shape index (κ3) is 3.98. The molecule has 2 aromatic rings. The average Bonchev–Trinajstić information content (AvgIpc) is 2.70. The lowest BCUT2D eigenvalue weighted by Gasteiger charge is -2.28. The van der Waals surface area contributed by atoms with Crippen LogP contribution < -0.4 is 19.7 Å². The standard InChI is InChI=1S/C21H19IN2O5/c1-4-13-7-5-6-8-16(13)24-20(26)14(19(25)23-21(24)27)9-12-10-15(22)18(29-3)17(11-12)28-2/h5-11H,4H2,1-3H3,(H,23,25,27)/b14-9-. The number of nitrogens with zero attached hydrogens (tertiary/aromatic N) is 1. The van der Waals surface area contributed by atoms with Crippen LogP contribution in [0.4, 0.5) is 10.5 Å². The highest BCUT2D eigenvalue weighted by atomic mass is 127. The summed E-state index contributed by atoms with van der Waals surface area (Å²) in [6.07, 6.45) is 2.07. The van der Waals surface area contributed by atoms with Crippen molar-refractivity contribution in [2.75, 3.05) is 19.1 Å². The third-order valence-electron chi connectivity index (χ3n) is 4.48. The van der Waals surface area contributed by atoms with Crippen molar-refractivity contribution in [3.05, 3.63) is 56.7 Å². The molecule has 7 nitrogen and oxygen atoms in total. The topological polar surface area (TPSA) is 84.9 Å². The number of barbiturate groups is 1. The van der Waals surface area contributed by atoms with E-state index in [1.807, 2.05) is 19.1 Å². The van der Waals surface area contributed by atoms with Crippen molar-refractivity contribution in [1.82, 2.24) is 5.32 Å². The molecule has 1 heterocycles. The van der Waals surface area contributed by atoms with E-state index in [9.17, 15) is 14.4 Å². The van der Waals surface area contributed by atoms with Crippen LogP contribution in [0.15, 0.2) is 42.0 Å². The molecule has 0 radical (unpaired) electrons. The van der Waals surface area contributed by atoms with E-state index in [0.29, 0.717) is 29.2 Å². The van der Waals surface area contributed by atoms with E-state index >= 15 is 0 Å². The van der Waals surface area contributed by atoms with E-state index in [2.05, 4.69) is 27.9 Å². The fourth-order valence-corrected chi connectivity index (χ4v) is 3.94. The molecule has 1 aliphatic heterocycles. The van der Waals surface area contributed by atoms with Crippen molar-refractivity contribution in [3.63, 3.8) is 0 Å². The van der Waals surface area contributed by atoms with Crippen molar-refractivity contribution >= 4 is 52.2 Å². The number of methoxy groups -OCH3 is 2. The van der Waals surface area contributed by atoms with Gasteiger partial charge in [0.1, 0.15) is 5.57 Å². The van der Waals surface area contributed by atoms with Gasteiger partial charge in [-0.3, -0.25) is 14.9 Å². The van der Waals surface area contributed by atoms with Gasteiger partial charge in [0, 0.05) is 0 Å². The Kier molecular flexibility index (Phi) is 6.21. The summed E-state index contributed by atoms with van der Waals surface area (Å²) in [6, 6.07) is 9.76. The number of amides is 4. The number of para-hydroxylation sites is 1. The lowest BCUT2D eigenvalue weighted by atomic mass is 10.0. The van der Waals surface area contributed by atoms with Gasteiger partial charge >= 0.3 is 6.03 Å². The summed E-state index contributed by atoms with van der Waals surface area (Å²) < 4.78 is 11.4. The Morgan fingerprint density at radius 1 is 1.10 bits per heavy atom. The van der Waals surface area contributed by atoms with Crippen LogP contribution in [0.2, 0.25) is 0 Å². The Morgan fingerprint density at radius 3 is 2.48 bits per heavy atom. The Balaban J connectivity index is 2.08. The lowest BCUT2D eigenvalue weighted by Crippen LogP contribution is -2.54. The molecular formula is C21H19IN2O5. The highest BCUT2D eigenvalue weighted by molar-refractivity contribution is 14.1. The molecule has 1 saturated heterocycles. The summed E-state index contributed by atoms with van der Waals surface area (Å²) in [5.41, 5.74) is 1.71. The number of halogens is 1. The molecule has 4 amide bonds. The number of rotatable bonds is 5. The summed E-state index contributed by atoms with van der Waals surface area (Å²) in [5.74, 6) is -0.387. The fraction of sp³-hybridized carbons (Fsp3) is 0.190. The van der Waals surface area contributed by atoms with E-state index in [1.54, 1.807) is 24.3 Å². The van der Waals surface area contributed by atoms with Crippen molar-refractivity contribution in [2.24, 2.45) is 0 Å². The van der Waals surface area contributed by atoms with Crippen molar-refractivity contribution in [3.8, 4) is 11.5 Å². The van der Waals surface area contributed by atoms with Gasteiger partial charge < -0.3 is 9.47 Å². The summed E-state index contributed by atoms with van der Waals surface area (Å²) in [5, 5.41) is 2.25. The smallest absolute Gasteiger partial charge is 0.335 e. The molecule has 1 N–H and O–H groups in total. The molecule has 29 heavy (non-hydrogen) atoms. The first kappa shape index (κ1) is 20.8. The lowest BCUT2D eigenvalue weighted by molar-refractivity contribution is -0.122. The second-order valence-corrected chi connectivity index (χ2v) is 7.34. The van der Waals surface area contributed by atoms with Crippen LogP contribution >= 0.6 is 22.6 Å². The minimum absolute atomic E-state index is 0.140. The first-order chi connectivity index (χ1) is 13.9. The molecule has 1 aliphatic rings. The van der Waals surface area contributed by atoms with Gasteiger partial charge in [0.05, 0.1) is 23.5 Å². The van der Waals surface area contributed by atoms with Crippen molar-refractivity contribution < 1.29 is 23.9 Å². The zero-order valence-electron chi connectivity index (χ0n) is 16.1. The maximum absolute atomic E-state index is 13.1. The van der Waals surface area contributed by atoms with Crippen molar-refractivity contribution in [1.29, 1.82) is 0 Å². The molecule has 2 aromatic carbocycles. The molecule has 0 unspecified atom stereocenters. The quantitative estimate of drug-likeness (QED) is 0.381. The normalized spacial score (nSPS) is 15.5. The predicted octanol–water partition coefficient (Wildman–Crippen LogP) is 3.54. The summed E-state index contributed by atoms with van der Waals surface area (Å²) >= 11 is 2.08. The molecule has 0 aliphatic carbocycles. The SMILES string of the molecule is CCc1ccccc1N1C(=O)NC(=O)/C(=C/c2cc(I)c(OC)c(OC)c2)C1=O. The van der Waals surface area contributed by atoms with E-state index in [0.717, 1.165) is 14.0 Å².